The first-order valence-electron chi connectivity index (χ1n) is 10.2. The molecule has 3 heteroatoms. The van der Waals surface area contributed by atoms with Gasteiger partial charge in [-0.15, -0.1) is 0 Å². The highest BCUT2D eigenvalue weighted by Crippen LogP contribution is 2.46. The van der Waals surface area contributed by atoms with Crippen molar-refractivity contribution in [3.8, 4) is 11.1 Å². The van der Waals surface area contributed by atoms with E-state index in [0.717, 1.165) is 43.3 Å². The van der Waals surface area contributed by atoms with E-state index in [4.69, 9.17) is 0 Å². The summed E-state index contributed by atoms with van der Waals surface area (Å²) < 4.78 is 0. The monoisotopic (exact) mass is 399 g/mol. The van der Waals surface area contributed by atoms with Crippen LogP contribution < -0.4 is 0 Å². The van der Waals surface area contributed by atoms with E-state index < -0.39 is 0 Å². The van der Waals surface area contributed by atoms with Crippen molar-refractivity contribution in [3.05, 3.63) is 113 Å². The van der Waals surface area contributed by atoms with Gasteiger partial charge in [-0.2, -0.15) is 0 Å². The van der Waals surface area contributed by atoms with Crippen LogP contribution in [-0.2, 0) is 0 Å². The fraction of sp³-hybridized carbons (Fsp3) is 0. The fourth-order valence-electron chi connectivity index (χ4n) is 4.85. The Bertz CT molecular complexity index is 1670. The topological polar surface area (TPSA) is 43.1 Å². The molecule has 0 spiro atoms. The highest BCUT2D eigenvalue weighted by Gasteiger charge is 2.25. The van der Waals surface area contributed by atoms with E-state index in [1.165, 1.54) is 0 Å². The van der Waals surface area contributed by atoms with Gasteiger partial charge in [-0.05, 0) is 55.4 Å². The van der Waals surface area contributed by atoms with E-state index in [-0.39, 0.29) is 10.6 Å². The summed E-state index contributed by atoms with van der Waals surface area (Å²) in [6.45, 7) is 0. The van der Waals surface area contributed by atoms with Crippen LogP contribution in [0.15, 0.2) is 103 Å². The third-order valence-corrected chi connectivity index (χ3v) is 6.13. The number of hydrogen-bond donors (Lipinski definition) is 0. The number of benzene rings is 6. The van der Waals surface area contributed by atoms with Gasteiger partial charge in [0.2, 0.25) is 0 Å². The number of nitrogens with zero attached hydrogens (tertiary/aromatic N) is 1. The van der Waals surface area contributed by atoms with Crippen LogP contribution in [0, 0.1) is 10.1 Å². The van der Waals surface area contributed by atoms with Crippen molar-refractivity contribution in [1.82, 2.24) is 0 Å². The van der Waals surface area contributed by atoms with Crippen LogP contribution in [0.1, 0.15) is 0 Å². The minimum absolute atomic E-state index is 0.162. The summed E-state index contributed by atoms with van der Waals surface area (Å²) in [5.74, 6) is 0. The maximum atomic E-state index is 12.5. The van der Waals surface area contributed by atoms with Gasteiger partial charge in [-0.3, -0.25) is 10.1 Å². The summed E-state index contributed by atoms with van der Waals surface area (Å²) in [5.41, 5.74) is 1.74. The smallest absolute Gasteiger partial charge is 0.258 e. The molecule has 0 aliphatic rings. The molecule has 6 rings (SSSR count). The van der Waals surface area contributed by atoms with Crippen molar-refractivity contribution in [2.45, 2.75) is 0 Å². The largest absolute Gasteiger partial charge is 0.285 e. The van der Waals surface area contributed by atoms with Crippen molar-refractivity contribution < 1.29 is 4.92 Å². The average Bonchev–Trinajstić information content (AvgIpc) is 2.82. The summed E-state index contributed by atoms with van der Waals surface area (Å²) >= 11 is 0. The fourth-order valence-corrected chi connectivity index (χ4v) is 4.85. The van der Waals surface area contributed by atoms with E-state index in [0.29, 0.717) is 10.9 Å². The van der Waals surface area contributed by atoms with Crippen LogP contribution in [0.25, 0.3) is 54.2 Å². The Balaban J connectivity index is 1.92. The number of nitro groups is 1. The van der Waals surface area contributed by atoms with Gasteiger partial charge in [0.1, 0.15) is 0 Å². The summed E-state index contributed by atoms with van der Waals surface area (Å²) in [6, 6.07) is 34.1. The minimum Gasteiger partial charge on any atom is -0.258 e. The standard InChI is InChI=1S/C28H17NO2/c30-29(31)28-25-16-8-6-13-22(25)21-12-5-7-15-24(21)27(28)26-17-18-9-1-2-10-19(18)20-11-3-4-14-23(20)26/h1-17H. The molecule has 6 aromatic rings. The molecule has 0 N–H and O–H groups in total. The predicted molar refractivity (Wildman–Crippen MR) is 129 cm³/mol. The van der Waals surface area contributed by atoms with Crippen LogP contribution in [0.3, 0.4) is 0 Å². The molecule has 31 heavy (non-hydrogen) atoms. The lowest BCUT2D eigenvalue weighted by atomic mass is 9.87. The van der Waals surface area contributed by atoms with Crippen molar-refractivity contribution >= 4 is 48.8 Å². The third-order valence-electron chi connectivity index (χ3n) is 6.13. The minimum atomic E-state index is -0.228. The molecule has 0 saturated heterocycles. The molecule has 0 saturated carbocycles. The molecule has 0 radical (unpaired) electrons. The highest BCUT2D eigenvalue weighted by atomic mass is 16.6. The molecule has 0 aliphatic heterocycles. The number of hydrogen-bond acceptors (Lipinski definition) is 2. The maximum Gasteiger partial charge on any atom is 0.285 e. The van der Waals surface area contributed by atoms with Gasteiger partial charge in [0.15, 0.2) is 0 Å². The Hall–Kier alpha value is -4.24. The molecule has 3 nitrogen and oxygen atoms in total. The van der Waals surface area contributed by atoms with Gasteiger partial charge >= 0.3 is 0 Å². The second-order valence-electron chi connectivity index (χ2n) is 7.76. The average molecular weight is 399 g/mol. The zero-order valence-electron chi connectivity index (χ0n) is 16.6. The Morgan fingerprint density at radius 3 is 1.61 bits per heavy atom. The summed E-state index contributed by atoms with van der Waals surface area (Å²) in [4.78, 5) is 12.2. The third kappa shape index (κ3) is 2.53. The van der Waals surface area contributed by atoms with Gasteiger partial charge in [0.05, 0.1) is 15.9 Å². The van der Waals surface area contributed by atoms with Gasteiger partial charge in [-0.1, -0.05) is 91.0 Å². The second-order valence-corrected chi connectivity index (χ2v) is 7.76. The summed E-state index contributed by atoms with van der Waals surface area (Å²) in [5, 5.41) is 20.3. The van der Waals surface area contributed by atoms with Crippen molar-refractivity contribution in [2.24, 2.45) is 0 Å². The molecule has 0 bridgehead atoms. The Kier molecular flexibility index (Phi) is 3.77. The van der Waals surface area contributed by atoms with Crippen molar-refractivity contribution in [1.29, 1.82) is 0 Å². The van der Waals surface area contributed by atoms with Crippen molar-refractivity contribution in [2.75, 3.05) is 0 Å². The number of rotatable bonds is 2. The first-order valence-corrected chi connectivity index (χ1v) is 10.2. The van der Waals surface area contributed by atoms with Gasteiger partial charge in [0.25, 0.3) is 5.69 Å². The molecule has 146 valence electrons. The first-order chi connectivity index (χ1) is 15.2. The molecule has 0 aromatic heterocycles. The highest BCUT2D eigenvalue weighted by molar-refractivity contribution is 6.23. The van der Waals surface area contributed by atoms with Crippen LogP contribution >= 0.6 is 0 Å². The molecule has 0 unspecified atom stereocenters. The quantitative estimate of drug-likeness (QED) is 0.169. The normalized spacial score (nSPS) is 11.5. The van der Waals surface area contributed by atoms with E-state index >= 15 is 0 Å². The van der Waals surface area contributed by atoms with Crippen molar-refractivity contribution in [3.63, 3.8) is 0 Å². The lowest BCUT2D eigenvalue weighted by molar-refractivity contribution is -0.382. The van der Waals surface area contributed by atoms with Crippen LogP contribution in [0.5, 0.6) is 0 Å². The summed E-state index contributed by atoms with van der Waals surface area (Å²) in [6.07, 6.45) is 0. The van der Waals surface area contributed by atoms with E-state index in [2.05, 4.69) is 30.3 Å². The molecule has 0 amide bonds. The molecular weight excluding hydrogens is 382 g/mol. The van der Waals surface area contributed by atoms with E-state index in [1.807, 2.05) is 72.8 Å². The Morgan fingerprint density at radius 2 is 0.968 bits per heavy atom. The molecule has 0 heterocycles. The van der Waals surface area contributed by atoms with Gasteiger partial charge in [0, 0.05) is 0 Å². The lowest BCUT2D eigenvalue weighted by Crippen LogP contribution is -1.97. The zero-order chi connectivity index (χ0) is 20.9. The predicted octanol–water partition coefficient (Wildman–Crippen LogP) is 7.87. The van der Waals surface area contributed by atoms with Gasteiger partial charge in [-0.25, -0.2) is 0 Å². The SMILES string of the molecule is O=[N+]([O-])c1c(-c2cc3ccccc3c3ccccc23)c2ccccc2c2ccccc12. The van der Waals surface area contributed by atoms with E-state index in [9.17, 15) is 10.1 Å². The molecule has 0 atom stereocenters. The second kappa shape index (κ2) is 6.64. The van der Waals surface area contributed by atoms with Crippen LogP contribution in [-0.4, -0.2) is 4.92 Å². The lowest BCUT2D eigenvalue weighted by Gasteiger charge is -2.15. The summed E-state index contributed by atoms with van der Waals surface area (Å²) in [7, 11) is 0. The number of nitro benzene ring substituents is 1. The molecular formula is C28H17NO2. The van der Waals surface area contributed by atoms with Crippen LogP contribution in [0.2, 0.25) is 0 Å². The number of fused-ring (bicyclic) bond motifs is 6. The molecule has 0 aliphatic carbocycles. The Morgan fingerprint density at radius 1 is 0.516 bits per heavy atom. The zero-order valence-corrected chi connectivity index (χ0v) is 16.6. The van der Waals surface area contributed by atoms with Crippen LogP contribution in [0.4, 0.5) is 5.69 Å². The molecule has 0 fully saturated rings. The molecule has 6 aromatic carbocycles. The Labute approximate surface area is 178 Å². The van der Waals surface area contributed by atoms with Gasteiger partial charge < -0.3 is 0 Å². The van der Waals surface area contributed by atoms with E-state index in [1.54, 1.807) is 0 Å². The maximum absolute atomic E-state index is 12.5. The first kappa shape index (κ1) is 17.6.